The summed E-state index contributed by atoms with van der Waals surface area (Å²) >= 11 is 21.3. The molecular weight excluding hydrogens is 451 g/mol. The molecular formula is C13H10Br2Cl2O2S. The molecule has 1 atom stereocenters. The fourth-order valence-corrected chi connectivity index (χ4v) is 4.49. The minimum Gasteiger partial charge on any atom is -0.493 e. The van der Waals surface area contributed by atoms with Gasteiger partial charge in [0.15, 0.2) is 11.5 Å². The lowest BCUT2D eigenvalue weighted by Crippen LogP contribution is -1.96. The molecule has 108 valence electrons. The SMILES string of the molecule is COc1cc(Cl)c(C(Cl)c2cc(Br)c(Br)s2)cc1OC. The molecule has 2 rings (SSSR count). The molecule has 0 aliphatic rings. The molecule has 2 aromatic rings. The normalized spacial score (nSPS) is 12.3. The first kappa shape index (κ1) is 16.4. The van der Waals surface area contributed by atoms with Crippen LogP contribution in [-0.2, 0) is 0 Å². The molecule has 2 nitrogen and oxygen atoms in total. The van der Waals surface area contributed by atoms with Crippen LogP contribution in [0.5, 0.6) is 11.5 Å². The standard InChI is InChI=1S/C13H10Br2Cl2O2S/c1-18-9-3-6(8(16)5-10(9)19-2)12(17)11-4-7(14)13(15)20-11/h3-5,12H,1-2H3. The number of alkyl halides is 1. The predicted octanol–water partition coefficient (Wildman–Crippen LogP) is 6.27. The Morgan fingerprint density at radius 1 is 1.10 bits per heavy atom. The van der Waals surface area contributed by atoms with E-state index in [2.05, 4.69) is 31.9 Å². The smallest absolute Gasteiger partial charge is 0.162 e. The zero-order valence-electron chi connectivity index (χ0n) is 10.5. The molecule has 0 fully saturated rings. The van der Waals surface area contributed by atoms with Gasteiger partial charge in [-0.1, -0.05) is 11.6 Å². The van der Waals surface area contributed by atoms with Crippen LogP contribution in [0.4, 0.5) is 0 Å². The van der Waals surface area contributed by atoms with E-state index < -0.39 is 0 Å². The maximum absolute atomic E-state index is 6.53. The zero-order valence-corrected chi connectivity index (χ0v) is 16.0. The molecule has 20 heavy (non-hydrogen) atoms. The van der Waals surface area contributed by atoms with Crippen molar-refractivity contribution in [3.05, 3.63) is 41.9 Å². The molecule has 0 saturated heterocycles. The van der Waals surface area contributed by atoms with E-state index in [1.54, 1.807) is 37.7 Å². The third-order valence-corrected chi connectivity index (χ3v) is 6.94. The fourth-order valence-electron chi connectivity index (χ4n) is 1.71. The molecule has 0 saturated carbocycles. The molecule has 1 unspecified atom stereocenters. The highest BCUT2D eigenvalue weighted by atomic mass is 79.9. The van der Waals surface area contributed by atoms with Gasteiger partial charge < -0.3 is 9.47 Å². The molecule has 1 aromatic carbocycles. The van der Waals surface area contributed by atoms with Crippen molar-refractivity contribution in [2.45, 2.75) is 5.38 Å². The summed E-state index contributed by atoms with van der Waals surface area (Å²) in [5.74, 6) is 1.19. The Hall–Kier alpha value is 0.0600. The second kappa shape index (κ2) is 6.88. The minimum absolute atomic E-state index is 0.352. The summed E-state index contributed by atoms with van der Waals surface area (Å²) in [6, 6.07) is 5.49. The molecule has 0 radical (unpaired) electrons. The highest BCUT2D eigenvalue weighted by Gasteiger charge is 2.20. The Morgan fingerprint density at radius 3 is 2.20 bits per heavy atom. The van der Waals surface area contributed by atoms with Crippen molar-refractivity contribution >= 4 is 66.4 Å². The summed E-state index contributed by atoms with van der Waals surface area (Å²) in [5, 5.41) is 0.193. The molecule has 0 bridgehead atoms. The first-order valence-electron chi connectivity index (χ1n) is 5.48. The monoisotopic (exact) mass is 458 g/mol. The van der Waals surface area contributed by atoms with Gasteiger partial charge in [-0.15, -0.1) is 22.9 Å². The van der Waals surface area contributed by atoms with E-state index in [1.165, 1.54) is 0 Å². The summed E-state index contributed by atoms with van der Waals surface area (Å²) in [6.45, 7) is 0. The third-order valence-electron chi connectivity index (χ3n) is 2.69. The van der Waals surface area contributed by atoms with Crippen LogP contribution in [0, 0.1) is 0 Å². The first-order valence-corrected chi connectivity index (χ1v) is 8.69. The summed E-state index contributed by atoms with van der Waals surface area (Å²) in [4.78, 5) is 0.986. The largest absolute Gasteiger partial charge is 0.493 e. The van der Waals surface area contributed by atoms with Crippen LogP contribution in [-0.4, -0.2) is 14.2 Å². The molecule has 0 amide bonds. The fraction of sp³-hybridized carbons (Fsp3) is 0.231. The number of ether oxygens (including phenoxy) is 2. The Morgan fingerprint density at radius 2 is 1.70 bits per heavy atom. The lowest BCUT2D eigenvalue weighted by molar-refractivity contribution is 0.354. The van der Waals surface area contributed by atoms with Crippen LogP contribution in [0.1, 0.15) is 15.8 Å². The van der Waals surface area contributed by atoms with E-state index in [-0.39, 0.29) is 5.38 Å². The Bertz CT molecular complexity index is 612. The molecule has 0 N–H and O–H groups in total. The number of rotatable bonds is 4. The topological polar surface area (TPSA) is 18.5 Å². The van der Waals surface area contributed by atoms with Crippen LogP contribution in [0.3, 0.4) is 0 Å². The molecule has 0 spiro atoms. The summed E-state index contributed by atoms with van der Waals surface area (Å²) in [5.41, 5.74) is 0.784. The second-order valence-corrected chi connectivity index (χ2v) is 7.96. The Labute approximate surface area is 148 Å². The number of thiophene rings is 1. The van der Waals surface area contributed by atoms with Gasteiger partial charge in [-0.05, 0) is 49.6 Å². The van der Waals surface area contributed by atoms with Gasteiger partial charge in [-0.25, -0.2) is 0 Å². The van der Waals surface area contributed by atoms with E-state index in [4.69, 9.17) is 32.7 Å². The number of benzene rings is 1. The van der Waals surface area contributed by atoms with Crippen LogP contribution in [0.25, 0.3) is 0 Å². The lowest BCUT2D eigenvalue weighted by atomic mass is 10.1. The molecule has 7 heteroatoms. The highest BCUT2D eigenvalue weighted by molar-refractivity contribution is 9.13. The summed E-state index contributed by atoms with van der Waals surface area (Å²) in [6.07, 6.45) is 0. The van der Waals surface area contributed by atoms with E-state index in [0.29, 0.717) is 16.5 Å². The summed E-state index contributed by atoms with van der Waals surface area (Å²) < 4.78 is 12.5. The molecule has 1 aromatic heterocycles. The number of halogens is 4. The lowest BCUT2D eigenvalue weighted by Gasteiger charge is -2.14. The third kappa shape index (κ3) is 3.28. The first-order chi connectivity index (χ1) is 9.47. The number of methoxy groups -OCH3 is 2. The van der Waals surface area contributed by atoms with Crippen molar-refractivity contribution in [3.8, 4) is 11.5 Å². The van der Waals surface area contributed by atoms with Crippen molar-refractivity contribution in [1.82, 2.24) is 0 Å². The molecule has 0 aliphatic carbocycles. The Kier molecular flexibility index (Phi) is 5.65. The maximum Gasteiger partial charge on any atom is 0.162 e. The number of hydrogen-bond donors (Lipinski definition) is 0. The average molecular weight is 461 g/mol. The van der Waals surface area contributed by atoms with Gasteiger partial charge in [0, 0.05) is 20.4 Å². The minimum atomic E-state index is -0.352. The van der Waals surface area contributed by atoms with E-state index in [9.17, 15) is 0 Å². The van der Waals surface area contributed by atoms with Crippen molar-refractivity contribution < 1.29 is 9.47 Å². The van der Waals surface area contributed by atoms with E-state index in [1.807, 2.05) is 6.07 Å². The average Bonchev–Trinajstić information content (AvgIpc) is 2.77. The van der Waals surface area contributed by atoms with Crippen LogP contribution >= 0.6 is 66.4 Å². The van der Waals surface area contributed by atoms with Crippen molar-refractivity contribution in [2.24, 2.45) is 0 Å². The second-order valence-electron chi connectivity index (χ2n) is 3.86. The van der Waals surface area contributed by atoms with Gasteiger partial charge in [0.1, 0.15) is 0 Å². The highest BCUT2D eigenvalue weighted by Crippen LogP contribution is 2.44. The predicted molar refractivity (Wildman–Crippen MR) is 92.0 cm³/mol. The van der Waals surface area contributed by atoms with Crippen LogP contribution in [0.2, 0.25) is 5.02 Å². The van der Waals surface area contributed by atoms with Gasteiger partial charge in [0.25, 0.3) is 0 Å². The van der Waals surface area contributed by atoms with Gasteiger partial charge >= 0.3 is 0 Å². The van der Waals surface area contributed by atoms with E-state index in [0.717, 1.165) is 18.7 Å². The molecule has 1 heterocycles. The van der Waals surface area contributed by atoms with Gasteiger partial charge in [-0.3, -0.25) is 0 Å². The van der Waals surface area contributed by atoms with Gasteiger partial charge in [-0.2, -0.15) is 0 Å². The van der Waals surface area contributed by atoms with Crippen LogP contribution in [0.15, 0.2) is 26.5 Å². The maximum atomic E-state index is 6.53. The quantitative estimate of drug-likeness (QED) is 0.500. The zero-order chi connectivity index (χ0) is 14.9. The van der Waals surface area contributed by atoms with Gasteiger partial charge in [0.05, 0.1) is 23.4 Å². The Balaban J connectivity index is 2.46. The van der Waals surface area contributed by atoms with Gasteiger partial charge in [0.2, 0.25) is 0 Å². The number of hydrogen-bond acceptors (Lipinski definition) is 3. The van der Waals surface area contributed by atoms with Crippen molar-refractivity contribution in [1.29, 1.82) is 0 Å². The summed E-state index contributed by atoms with van der Waals surface area (Å²) in [7, 11) is 3.15. The van der Waals surface area contributed by atoms with Crippen LogP contribution < -0.4 is 9.47 Å². The van der Waals surface area contributed by atoms with Crippen molar-refractivity contribution in [3.63, 3.8) is 0 Å². The molecule has 0 aliphatic heterocycles. The van der Waals surface area contributed by atoms with E-state index >= 15 is 0 Å². The van der Waals surface area contributed by atoms with Crippen molar-refractivity contribution in [2.75, 3.05) is 14.2 Å².